The molecule has 1 aliphatic rings. The van der Waals surface area contributed by atoms with Crippen LogP contribution >= 0.6 is 11.3 Å². The predicted molar refractivity (Wildman–Crippen MR) is 146 cm³/mol. The Morgan fingerprint density at radius 2 is 1.82 bits per heavy atom. The number of aliphatic carboxylic acids is 1. The third-order valence-corrected chi connectivity index (χ3v) is 7.39. The summed E-state index contributed by atoms with van der Waals surface area (Å²) in [7, 11) is 1.67. The van der Waals surface area contributed by atoms with Crippen molar-refractivity contribution in [1.29, 1.82) is 0 Å². The first-order valence-corrected chi connectivity index (χ1v) is 13.5. The van der Waals surface area contributed by atoms with E-state index in [0.717, 1.165) is 54.4 Å². The number of hydrogen-bond donors (Lipinski definition) is 2. The number of rotatable bonds is 8. The lowest BCUT2D eigenvalue weighted by Gasteiger charge is -2.17. The number of carboxylic acid groups (broad SMARTS) is 1. The lowest BCUT2D eigenvalue weighted by atomic mass is 10.0. The largest absolute Gasteiger partial charge is 0.496 e. The number of carbonyl (C=O) groups excluding carboxylic acids is 1. The van der Waals surface area contributed by atoms with Gasteiger partial charge in [-0.2, -0.15) is 13.2 Å². The van der Waals surface area contributed by atoms with Crippen molar-refractivity contribution in [3.05, 3.63) is 76.0 Å². The zero-order valence-electron chi connectivity index (χ0n) is 22.1. The summed E-state index contributed by atoms with van der Waals surface area (Å²) in [6.07, 6.45) is -3.96. The number of nitrogens with one attached hydrogen (secondary N) is 1. The van der Waals surface area contributed by atoms with E-state index in [-0.39, 0.29) is 5.91 Å². The quantitative estimate of drug-likeness (QED) is 0.331. The molecule has 39 heavy (non-hydrogen) atoms. The van der Waals surface area contributed by atoms with E-state index in [9.17, 15) is 18.0 Å². The summed E-state index contributed by atoms with van der Waals surface area (Å²) in [6.45, 7) is 8.28. The van der Waals surface area contributed by atoms with E-state index < -0.39 is 12.1 Å². The Kier molecular flexibility index (Phi) is 10.5. The summed E-state index contributed by atoms with van der Waals surface area (Å²) >= 11 is 1.48. The molecule has 1 aromatic heterocycles. The van der Waals surface area contributed by atoms with E-state index in [0.29, 0.717) is 11.8 Å². The van der Waals surface area contributed by atoms with Crippen LogP contribution in [-0.2, 0) is 11.3 Å². The van der Waals surface area contributed by atoms with Gasteiger partial charge in [0.05, 0.1) is 12.0 Å². The van der Waals surface area contributed by atoms with Gasteiger partial charge < -0.3 is 15.2 Å². The van der Waals surface area contributed by atoms with Gasteiger partial charge in [0.1, 0.15) is 5.75 Å². The van der Waals surface area contributed by atoms with Gasteiger partial charge in [-0.3, -0.25) is 9.69 Å². The molecule has 1 aliphatic heterocycles. The molecule has 0 bridgehead atoms. The Balaban J connectivity index is 0.000000532. The third kappa shape index (κ3) is 8.83. The Morgan fingerprint density at radius 1 is 1.15 bits per heavy atom. The summed E-state index contributed by atoms with van der Waals surface area (Å²) in [5.41, 5.74) is 4.78. The number of amides is 1. The molecule has 4 rings (SSSR count). The molecule has 10 heteroatoms. The van der Waals surface area contributed by atoms with Crippen LogP contribution in [0.25, 0.3) is 11.1 Å². The van der Waals surface area contributed by atoms with Gasteiger partial charge in [0, 0.05) is 25.2 Å². The van der Waals surface area contributed by atoms with Crippen molar-refractivity contribution >= 4 is 23.2 Å². The Labute approximate surface area is 230 Å². The van der Waals surface area contributed by atoms with Crippen LogP contribution in [0.3, 0.4) is 0 Å². The van der Waals surface area contributed by atoms with Crippen molar-refractivity contribution < 1.29 is 32.6 Å². The summed E-state index contributed by atoms with van der Waals surface area (Å²) in [5.74, 6) is -0.853. The molecule has 2 N–H and O–H groups in total. The first kappa shape index (κ1) is 30.2. The van der Waals surface area contributed by atoms with Crippen LogP contribution in [-0.4, -0.2) is 54.8 Å². The minimum absolute atomic E-state index is 0.0128. The molecule has 3 aromatic rings. The average molecular weight is 563 g/mol. The molecule has 1 unspecified atom stereocenters. The number of para-hydroxylation sites is 1. The van der Waals surface area contributed by atoms with Gasteiger partial charge in [-0.25, -0.2) is 4.79 Å². The number of carboxylic acids is 1. The molecular weight excluding hydrogens is 529 g/mol. The molecule has 210 valence electrons. The predicted octanol–water partition coefficient (Wildman–Crippen LogP) is 6.43. The van der Waals surface area contributed by atoms with Crippen LogP contribution in [0.15, 0.2) is 60.0 Å². The molecule has 1 atom stereocenters. The second-order valence-electron chi connectivity index (χ2n) is 9.70. The number of hydrogen-bond acceptors (Lipinski definition) is 5. The zero-order chi connectivity index (χ0) is 28.6. The molecule has 1 fully saturated rings. The van der Waals surface area contributed by atoms with Crippen molar-refractivity contribution in [3.63, 3.8) is 0 Å². The Hall–Kier alpha value is -3.37. The van der Waals surface area contributed by atoms with Gasteiger partial charge in [-0.05, 0) is 59.0 Å². The number of thiophene rings is 1. The maximum atomic E-state index is 12.7. The fraction of sp³-hybridized carbons (Fsp3) is 0.379. The number of likely N-dealkylation sites (tertiary alicyclic amines) is 1. The first-order chi connectivity index (χ1) is 18.5. The SMILES string of the molecule is COc1ccccc1-c1csc(C(=O)NCC2CCN(Cc3ccc(C(C)C)cc3)C2)c1.O=C(O)C(F)(F)F. The summed E-state index contributed by atoms with van der Waals surface area (Å²) in [4.78, 5) is 24.8. The van der Waals surface area contributed by atoms with Crippen LogP contribution in [0.4, 0.5) is 13.2 Å². The molecule has 0 spiro atoms. The van der Waals surface area contributed by atoms with Crippen molar-refractivity contribution in [2.75, 3.05) is 26.7 Å². The van der Waals surface area contributed by atoms with E-state index >= 15 is 0 Å². The Bertz CT molecular complexity index is 1240. The number of ether oxygens (including phenoxy) is 1. The van der Waals surface area contributed by atoms with Gasteiger partial charge in [0.15, 0.2) is 0 Å². The molecular formula is C29H33F3N2O4S. The van der Waals surface area contributed by atoms with Gasteiger partial charge in [-0.15, -0.1) is 11.3 Å². The lowest BCUT2D eigenvalue weighted by molar-refractivity contribution is -0.192. The van der Waals surface area contributed by atoms with Crippen LogP contribution in [0, 0.1) is 5.92 Å². The summed E-state index contributed by atoms with van der Waals surface area (Å²) in [6, 6.07) is 18.8. The summed E-state index contributed by atoms with van der Waals surface area (Å²) in [5, 5.41) is 12.3. The van der Waals surface area contributed by atoms with E-state index in [4.69, 9.17) is 14.6 Å². The minimum Gasteiger partial charge on any atom is -0.496 e. The number of alkyl halides is 3. The number of carbonyl (C=O) groups is 2. The second-order valence-corrected chi connectivity index (χ2v) is 10.6. The maximum Gasteiger partial charge on any atom is 0.490 e. The summed E-state index contributed by atoms with van der Waals surface area (Å²) < 4.78 is 37.2. The molecule has 2 heterocycles. The fourth-order valence-electron chi connectivity index (χ4n) is 4.29. The van der Waals surface area contributed by atoms with E-state index in [1.807, 2.05) is 35.7 Å². The highest BCUT2D eigenvalue weighted by molar-refractivity contribution is 7.12. The van der Waals surface area contributed by atoms with Crippen molar-refractivity contribution in [2.24, 2.45) is 5.92 Å². The number of benzene rings is 2. The number of methoxy groups -OCH3 is 1. The molecule has 0 aliphatic carbocycles. The molecule has 1 amide bonds. The van der Waals surface area contributed by atoms with Crippen LogP contribution in [0.2, 0.25) is 0 Å². The maximum absolute atomic E-state index is 12.7. The molecule has 1 saturated heterocycles. The second kappa shape index (κ2) is 13.6. The third-order valence-electron chi connectivity index (χ3n) is 6.46. The number of halogens is 3. The zero-order valence-corrected chi connectivity index (χ0v) is 22.9. The van der Waals surface area contributed by atoms with E-state index in [2.05, 4.69) is 48.3 Å². The van der Waals surface area contributed by atoms with Crippen LogP contribution < -0.4 is 10.1 Å². The van der Waals surface area contributed by atoms with Gasteiger partial charge >= 0.3 is 12.1 Å². The molecule has 2 aromatic carbocycles. The fourth-order valence-corrected chi connectivity index (χ4v) is 5.12. The highest BCUT2D eigenvalue weighted by Gasteiger charge is 2.38. The van der Waals surface area contributed by atoms with Gasteiger partial charge in [0.25, 0.3) is 5.91 Å². The number of nitrogens with zero attached hydrogens (tertiary/aromatic N) is 1. The smallest absolute Gasteiger partial charge is 0.490 e. The van der Waals surface area contributed by atoms with Crippen LogP contribution in [0.1, 0.15) is 47.0 Å². The topological polar surface area (TPSA) is 78.9 Å². The van der Waals surface area contributed by atoms with Crippen molar-refractivity contribution in [1.82, 2.24) is 10.2 Å². The standard InChI is InChI=1S/C27H32N2O2S.C2HF3O2/c1-19(2)22-10-8-20(9-11-22)16-29-13-12-21(17-29)15-28-27(30)26-14-23(18-32-26)24-6-4-5-7-25(24)31-3;3-2(4,5)1(6)7/h4-11,14,18-19,21H,12-13,15-17H2,1-3H3,(H,28,30);(H,6,7). The lowest BCUT2D eigenvalue weighted by Crippen LogP contribution is -2.30. The molecule has 0 radical (unpaired) electrons. The van der Waals surface area contributed by atoms with Crippen molar-refractivity contribution in [2.45, 2.75) is 38.9 Å². The van der Waals surface area contributed by atoms with Crippen molar-refractivity contribution in [3.8, 4) is 16.9 Å². The van der Waals surface area contributed by atoms with E-state index in [1.54, 1.807) is 7.11 Å². The highest BCUT2D eigenvalue weighted by atomic mass is 32.1. The van der Waals surface area contributed by atoms with Gasteiger partial charge in [0.2, 0.25) is 0 Å². The molecule has 6 nitrogen and oxygen atoms in total. The Morgan fingerprint density at radius 3 is 2.44 bits per heavy atom. The molecule has 0 saturated carbocycles. The highest BCUT2D eigenvalue weighted by Crippen LogP contribution is 2.33. The van der Waals surface area contributed by atoms with E-state index in [1.165, 1.54) is 22.5 Å². The monoisotopic (exact) mass is 562 g/mol. The normalized spacial score (nSPS) is 15.5. The van der Waals surface area contributed by atoms with Gasteiger partial charge in [-0.1, -0.05) is 56.3 Å². The minimum atomic E-state index is -5.08. The first-order valence-electron chi connectivity index (χ1n) is 12.6. The average Bonchev–Trinajstić information content (AvgIpc) is 3.57. The van der Waals surface area contributed by atoms with Crippen LogP contribution in [0.5, 0.6) is 5.75 Å².